The Labute approximate surface area is 174 Å². The van der Waals surface area contributed by atoms with Crippen molar-refractivity contribution in [2.45, 2.75) is 19.4 Å². The highest BCUT2D eigenvalue weighted by Crippen LogP contribution is 2.20. The Morgan fingerprint density at radius 2 is 1.90 bits per heavy atom. The van der Waals surface area contributed by atoms with Crippen molar-refractivity contribution in [1.29, 1.82) is 0 Å². The normalized spacial score (nSPS) is 14.3. The molecule has 154 valence electrons. The van der Waals surface area contributed by atoms with E-state index < -0.39 is 0 Å². The third kappa shape index (κ3) is 6.05. The summed E-state index contributed by atoms with van der Waals surface area (Å²) in [6.07, 6.45) is 1.06. The second-order valence-corrected chi connectivity index (χ2v) is 7.83. The molecule has 1 N–H and O–H groups in total. The fraction of sp³-hybridized carbons (Fsp3) is 0.381. The quantitative estimate of drug-likeness (QED) is 0.735. The smallest absolute Gasteiger partial charge is 0.321 e. The minimum Gasteiger partial charge on any atom is -0.455 e. The fourth-order valence-electron chi connectivity index (χ4n) is 3.15. The summed E-state index contributed by atoms with van der Waals surface area (Å²) in [6.45, 7) is 1.19. The number of nitrogens with one attached hydrogen (secondary N) is 1. The first-order valence-corrected chi connectivity index (χ1v) is 10.5. The zero-order chi connectivity index (χ0) is 20.6. The molecule has 7 nitrogen and oxygen atoms in total. The molecule has 3 amide bonds. The molecule has 1 aromatic heterocycles. The molecule has 0 spiro atoms. The van der Waals surface area contributed by atoms with E-state index in [4.69, 9.17) is 4.74 Å². The molecule has 3 rings (SSSR count). The molecule has 1 aromatic carbocycles. The van der Waals surface area contributed by atoms with Crippen molar-refractivity contribution in [2.75, 3.05) is 32.1 Å². The van der Waals surface area contributed by atoms with Crippen molar-refractivity contribution in [3.63, 3.8) is 0 Å². The predicted molar refractivity (Wildman–Crippen MR) is 112 cm³/mol. The topological polar surface area (TPSA) is 79.0 Å². The first-order chi connectivity index (χ1) is 14.0. The average molecular weight is 416 g/mol. The SMILES string of the molecule is CN(Cc1ccsc1)C(=O)COC(=O)C1CCN(C(=O)Nc2ccccc2)CC1. The highest BCUT2D eigenvalue weighted by Gasteiger charge is 2.29. The molecule has 1 aliphatic rings. The van der Waals surface area contributed by atoms with Crippen LogP contribution in [0.2, 0.25) is 0 Å². The highest BCUT2D eigenvalue weighted by molar-refractivity contribution is 7.07. The maximum absolute atomic E-state index is 12.3. The molecular formula is C21H25N3O4S. The lowest BCUT2D eigenvalue weighted by Gasteiger charge is -2.31. The molecule has 0 aliphatic carbocycles. The van der Waals surface area contributed by atoms with Crippen LogP contribution in [0.25, 0.3) is 0 Å². The van der Waals surface area contributed by atoms with Crippen molar-refractivity contribution in [3.05, 3.63) is 52.7 Å². The van der Waals surface area contributed by atoms with Crippen molar-refractivity contribution in [3.8, 4) is 0 Å². The van der Waals surface area contributed by atoms with E-state index in [1.807, 2.05) is 47.2 Å². The lowest BCUT2D eigenvalue weighted by molar-refractivity contribution is -0.156. The van der Waals surface area contributed by atoms with E-state index in [1.54, 1.807) is 28.2 Å². The predicted octanol–water partition coefficient (Wildman–Crippen LogP) is 3.19. The molecule has 0 saturated carbocycles. The van der Waals surface area contributed by atoms with Crippen molar-refractivity contribution in [2.24, 2.45) is 5.92 Å². The Kier molecular flexibility index (Phi) is 7.24. The summed E-state index contributed by atoms with van der Waals surface area (Å²) >= 11 is 1.58. The number of carbonyl (C=O) groups is 3. The number of thiophene rings is 1. The summed E-state index contributed by atoms with van der Waals surface area (Å²) in [6, 6.07) is 11.0. The van der Waals surface area contributed by atoms with Gasteiger partial charge < -0.3 is 19.9 Å². The Balaban J connectivity index is 1.38. The van der Waals surface area contributed by atoms with Crippen molar-refractivity contribution >= 4 is 34.9 Å². The van der Waals surface area contributed by atoms with Gasteiger partial charge in [0.15, 0.2) is 6.61 Å². The Morgan fingerprint density at radius 3 is 2.55 bits per heavy atom. The number of benzene rings is 1. The molecular weight excluding hydrogens is 390 g/mol. The minimum atomic E-state index is -0.370. The van der Waals surface area contributed by atoms with Crippen LogP contribution in [0.4, 0.5) is 10.5 Å². The molecule has 29 heavy (non-hydrogen) atoms. The van der Waals surface area contributed by atoms with Gasteiger partial charge in [0.1, 0.15) is 0 Å². The maximum Gasteiger partial charge on any atom is 0.321 e. The lowest BCUT2D eigenvalue weighted by atomic mass is 9.97. The van der Waals surface area contributed by atoms with E-state index in [1.165, 1.54) is 0 Å². The number of carbonyl (C=O) groups excluding carboxylic acids is 3. The summed E-state index contributed by atoms with van der Waals surface area (Å²) in [5, 5.41) is 6.79. The van der Waals surface area contributed by atoms with Crippen LogP contribution in [0.15, 0.2) is 47.2 Å². The molecule has 1 saturated heterocycles. The number of anilines is 1. The molecule has 1 aliphatic heterocycles. The van der Waals surface area contributed by atoms with Gasteiger partial charge in [-0.2, -0.15) is 11.3 Å². The number of likely N-dealkylation sites (N-methyl/N-ethyl adjacent to an activating group) is 1. The number of esters is 1. The van der Waals surface area contributed by atoms with Crippen LogP contribution < -0.4 is 5.32 Å². The fourth-order valence-corrected chi connectivity index (χ4v) is 3.81. The zero-order valence-electron chi connectivity index (χ0n) is 16.4. The third-order valence-electron chi connectivity index (χ3n) is 4.90. The van der Waals surface area contributed by atoms with Crippen molar-refractivity contribution in [1.82, 2.24) is 9.80 Å². The van der Waals surface area contributed by atoms with E-state index in [2.05, 4.69) is 5.32 Å². The van der Waals surface area contributed by atoms with Gasteiger partial charge in [-0.15, -0.1) is 0 Å². The summed E-state index contributed by atoms with van der Waals surface area (Å²) < 4.78 is 5.23. The number of ether oxygens (including phenoxy) is 1. The molecule has 8 heteroatoms. The van der Waals surface area contributed by atoms with E-state index >= 15 is 0 Å². The number of rotatable bonds is 6. The molecule has 1 fully saturated rings. The number of piperidine rings is 1. The first-order valence-electron chi connectivity index (χ1n) is 9.55. The number of para-hydroxylation sites is 1. The maximum atomic E-state index is 12.3. The van der Waals surface area contributed by atoms with Crippen LogP contribution in [0, 0.1) is 5.92 Å². The van der Waals surface area contributed by atoms with Crippen LogP contribution in [0.3, 0.4) is 0 Å². The molecule has 0 unspecified atom stereocenters. The molecule has 0 bridgehead atoms. The van der Waals surface area contributed by atoms with Gasteiger partial charge in [-0.05, 0) is 47.4 Å². The minimum absolute atomic E-state index is 0.173. The van der Waals surface area contributed by atoms with Gasteiger partial charge in [0, 0.05) is 32.4 Å². The third-order valence-corrected chi connectivity index (χ3v) is 5.64. The summed E-state index contributed by atoms with van der Waals surface area (Å²) in [4.78, 5) is 40.0. The monoisotopic (exact) mass is 415 g/mol. The van der Waals surface area contributed by atoms with E-state index in [0.717, 1.165) is 11.3 Å². The number of hydrogen-bond donors (Lipinski definition) is 1. The Morgan fingerprint density at radius 1 is 1.17 bits per heavy atom. The second-order valence-electron chi connectivity index (χ2n) is 7.05. The van der Waals surface area contributed by atoms with Crippen LogP contribution in [0.1, 0.15) is 18.4 Å². The number of nitrogens with zero attached hydrogens (tertiary/aromatic N) is 2. The van der Waals surface area contributed by atoms with Crippen LogP contribution >= 0.6 is 11.3 Å². The van der Waals surface area contributed by atoms with Crippen LogP contribution in [0.5, 0.6) is 0 Å². The Bertz CT molecular complexity index is 818. The van der Waals surface area contributed by atoms with E-state index in [-0.39, 0.29) is 30.4 Å². The van der Waals surface area contributed by atoms with E-state index in [0.29, 0.717) is 32.5 Å². The number of likely N-dealkylation sites (tertiary alicyclic amines) is 1. The number of urea groups is 1. The van der Waals surface area contributed by atoms with E-state index in [9.17, 15) is 14.4 Å². The zero-order valence-corrected chi connectivity index (χ0v) is 17.2. The van der Waals surface area contributed by atoms with Gasteiger partial charge >= 0.3 is 12.0 Å². The largest absolute Gasteiger partial charge is 0.455 e. The number of amides is 3. The Hall–Kier alpha value is -2.87. The summed E-state index contributed by atoms with van der Waals surface area (Å²) in [5.74, 6) is -0.889. The van der Waals surface area contributed by atoms with Gasteiger partial charge in [0.05, 0.1) is 5.92 Å². The van der Waals surface area contributed by atoms with Gasteiger partial charge in [-0.3, -0.25) is 9.59 Å². The van der Waals surface area contributed by atoms with Crippen LogP contribution in [-0.2, 0) is 20.9 Å². The molecule has 2 aromatic rings. The molecule has 0 atom stereocenters. The van der Waals surface area contributed by atoms with Crippen molar-refractivity contribution < 1.29 is 19.1 Å². The first kappa shape index (κ1) is 20.9. The van der Waals surface area contributed by atoms with Gasteiger partial charge in [-0.25, -0.2) is 4.79 Å². The molecule has 0 radical (unpaired) electrons. The summed E-state index contributed by atoms with van der Waals surface area (Å²) in [7, 11) is 1.69. The highest BCUT2D eigenvalue weighted by atomic mass is 32.1. The van der Waals surface area contributed by atoms with Gasteiger partial charge in [-0.1, -0.05) is 18.2 Å². The second kappa shape index (κ2) is 10.1. The number of hydrogen-bond acceptors (Lipinski definition) is 5. The van der Waals surface area contributed by atoms with Crippen LogP contribution in [-0.4, -0.2) is 54.5 Å². The van der Waals surface area contributed by atoms with Gasteiger partial charge in [0.25, 0.3) is 5.91 Å². The summed E-state index contributed by atoms with van der Waals surface area (Å²) in [5.41, 5.74) is 1.79. The molecule has 2 heterocycles. The standard InChI is InChI=1S/C21H25N3O4S/c1-23(13-16-9-12-29-15-16)19(25)14-28-20(26)17-7-10-24(11-8-17)21(27)22-18-5-3-2-4-6-18/h2-6,9,12,15,17H,7-8,10-11,13-14H2,1H3,(H,22,27). The van der Waals surface area contributed by atoms with Gasteiger partial charge in [0.2, 0.25) is 0 Å². The lowest BCUT2D eigenvalue weighted by Crippen LogP contribution is -2.43. The average Bonchev–Trinajstić information content (AvgIpc) is 3.25.